The van der Waals surface area contributed by atoms with Gasteiger partial charge >= 0.3 is 0 Å². The maximum atomic E-state index is 6.41. The largest absolute Gasteiger partial charge is 0.456 e. The summed E-state index contributed by atoms with van der Waals surface area (Å²) in [7, 11) is 0. The van der Waals surface area contributed by atoms with Gasteiger partial charge in [0.2, 0.25) is 0 Å². The summed E-state index contributed by atoms with van der Waals surface area (Å²) in [5, 5.41) is 11.9. The molecule has 12 rings (SSSR count). The van der Waals surface area contributed by atoms with E-state index in [1.807, 2.05) is 29.5 Å². The highest BCUT2D eigenvalue weighted by molar-refractivity contribution is 7.25. The van der Waals surface area contributed by atoms with Crippen LogP contribution < -0.4 is 5.32 Å². The molecular formula is C53H33N3OS. The smallest absolute Gasteiger partial charge is 0.145 e. The summed E-state index contributed by atoms with van der Waals surface area (Å²) in [5.74, 6) is 0. The Morgan fingerprint density at radius 3 is 2.00 bits per heavy atom. The molecule has 0 bridgehead atoms. The molecule has 11 aromatic rings. The lowest BCUT2D eigenvalue weighted by atomic mass is 9.94. The lowest BCUT2D eigenvalue weighted by molar-refractivity contribution is 0.664. The predicted octanol–water partition coefficient (Wildman–Crippen LogP) is 14.1. The number of para-hydroxylation sites is 1. The van der Waals surface area contributed by atoms with Crippen molar-refractivity contribution in [3.63, 3.8) is 0 Å². The molecule has 0 saturated carbocycles. The fourth-order valence-electron chi connectivity index (χ4n) is 8.69. The second kappa shape index (κ2) is 13.1. The molecular weight excluding hydrogens is 727 g/mol. The lowest BCUT2D eigenvalue weighted by Gasteiger charge is -2.25. The van der Waals surface area contributed by atoms with Crippen LogP contribution in [0.1, 0.15) is 22.9 Å². The van der Waals surface area contributed by atoms with Gasteiger partial charge in [-0.2, -0.15) is 0 Å². The SMILES string of the molecule is C1=C(c2ccc3sc4cc(-c5ccc6nc(-c7ccccc7)c7ccc8oc9ccccc9c8c7c6c5)ccc4c3c2)NC(c2ccccc2)N=C1c1ccccc1. The Balaban J connectivity index is 0.983. The van der Waals surface area contributed by atoms with Crippen LogP contribution in [0, 0.1) is 0 Å². The van der Waals surface area contributed by atoms with Crippen molar-refractivity contribution in [3.05, 3.63) is 205 Å². The van der Waals surface area contributed by atoms with Crippen molar-refractivity contribution in [2.24, 2.45) is 4.99 Å². The number of furan rings is 1. The Hall–Kier alpha value is -7.34. The van der Waals surface area contributed by atoms with Gasteiger partial charge in [0, 0.05) is 58.4 Å². The summed E-state index contributed by atoms with van der Waals surface area (Å²) in [6.07, 6.45) is 2.00. The van der Waals surface area contributed by atoms with Crippen molar-refractivity contribution >= 4 is 86.5 Å². The van der Waals surface area contributed by atoms with Crippen molar-refractivity contribution in [3.8, 4) is 22.4 Å². The third kappa shape index (κ3) is 5.36. The van der Waals surface area contributed by atoms with E-state index in [9.17, 15) is 0 Å². The Labute approximate surface area is 338 Å². The molecule has 0 saturated heterocycles. The normalized spacial score (nSPS) is 14.4. The molecule has 0 spiro atoms. The first kappa shape index (κ1) is 32.9. The quantitative estimate of drug-likeness (QED) is 0.178. The van der Waals surface area contributed by atoms with Gasteiger partial charge in [-0.1, -0.05) is 133 Å². The first-order valence-corrected chi connectivity index (χ1v) is 20.4. The average Bonchev–Trinajstić information content (AvgIpc) is 3.87. The number of rotatable bonds is 5. The van der Waals surface area contributed by atoms with E-state index in [2.05, 4.69) is 175 Å². The van der Waals surface area contributed by atoms with Crippen LogP contribution in [0.25, 0.3) is 91.9 Å². The number of benzene rings is 8. The number of fused-ring (bicyclic) bond motifs is 10. The monoisotopic (exact) mass is 759 g/mol. The first-order valence-electron chi connectivity index (χ1n) is 19.6. The molecule has 0 fully saturated rings. The highest BCUT2D eigenvalue weighted by atomic mass is 32.1. The molecule has 0 amide bonds. The summed E-state index contributed by atoms with van der Waals surface area (Å²) in [6, 6.07) is 64.5. The zero-order chi connectivity index (χ0) is 38.2. The lowest BCUT2D eigenvalue weighted by Crippen LogP contribution is -2.24. The second-order valence-corrected chi connectivity index (χ2v) is 16.0. The molecule has 1 unspecified atom stereocenters. The minimum absolute atomic E-state index is 0.184. The molecule has 1 N–H and O–H groups in total. The summed E-state index contributed by atoms with van der Waals surface area (Å²) < 4.78 is 8.94. The van der Waals surface area contributed by atoms with E-state index in [0.717, 1.165) is 83.1 Å². The van der Waals surface area contributed by atoms with Crippen molar-refractivity contribution in [2.75, 3.05) is 0 Å². The molecule has 272 valence electrons. The zero-order valence-corrected chi connectivity index (χ0v) is 32.0. The number of thiophene rings is 1. The van der Waals surface area contributed by atoms with Gasteiger partial charge in [-0.3, -0.25) is 4.99 Å². The Morgan fingerprint density at radius 2 is 1.16 bits per heavy atom. The minimum atomic E-state index is -0.184. The van der Waals surface area contributed by atoms with Crippen molar-refractivity contribution < 1.29 is 4.42 Å². The van der Waals surface area contributed by atoms with Crippen LogP contribution in [0.4, 0.5) is 0 Å². The van der Waals surface area contributed by atoms with Crippen LogP contribution >= 0.6 is 11.3 Å². The highest BCUT2D eigenvalue weighted by Gasteiger charge is 2.21. The Kier molecular flexibility index (Phi) is 7.43. The van der Waals surface area contributed by atoms with Gasteiger partial charge in [0.1, 0.15) is 17.3 Å². The van der Waals surface area contributed by atoms with Crippen LogP contribution in [0.15, 0.2) is 197 Å². The number of nitrogens with zero attached hydrogens (tertiary/aromatic N) is 2. The number of nitrogens with one attached hydrogen (secondary N) is 1. The molecule has 1 aliphatic rings. The van der Waals surface area contributed by atoms with Gasteiger partial charge in [-0.25, -0.2) is 4.98 Å². The molecule has 4 heterocycles. The van der Waals surface area contributed by atoms with Gasteiger partial charge in [0.15, 0.2) is 0 Å². The van der Waals surface area contributed by atoms with E-state index >= 15 is 0 Å². The van der Waals surface area contributed by atoms with E-state index < -0.39 is 0 Å². The average molecular weight is 760 g/mol. The number of aliphatic imine (C=N–C) groups is 1. The number of allylic oxidation sites excluding steroid dienone is 1. The van der Waals surface area contributed by atoms with Gasteiger partial charge in [0.05, 0.1) is 16.9 Å². The van der Waals surface area contributed by atoms with Crippen molar-refractivity contribution in [1.82, 2.24) is 10.3 Å². The van der Waals surface area contributed by atoms with Crippen LogP contribution in [-0.4, -0.2) is 10.7 Å². The van der Waals surface area contributed by atoms with Gasteiger partial charge in [-0.05, 0) is 82.4 Å². The zero-order valence-electron chi connectivity index (χ0n) is 31.2. The highest BCUT2D eigenvalue weighted by Crippen LogP contribution is 2.43. The molecule has 5 heteroatoms. The molecule has 3 aromatic heterocycles. The summed E-state index contributed by atoms with van der Waals surface area (Å²) in [4.78, 5) is 10.4. The number of pyridine rings is 1. The molecule has 0 aliphatic carbocycles. The minimum Gasteiger partial charge on any atom is -0.456 e. The van der Waals surface area contributed by atoms with Gasteiger partial charge < -0.3 is 9.73 Å². The maximum Gasteiger partial charge on any atom is 0.145 e. The summed E-state index contributed by atoms with van der Waals surface area (Å²) >= 11 is 1.84. The maximum absolute atomic E-state index is 6.41. The Bertz CT molecular complexity index is 3470. The topological polar surface area (TPSA) is 50.4 Å². The fraction of sp³-hybridized carbons (Fsp3) is 0.0189. The standard InChI is InChI=1S/C53H33N3OS/c1-4-12-32(13-5-1)44-31-45(56-53(55-44)34-16-8-3-9-17-34)37-22-27-48-41(29-37)38-23-20-36(30-49(38)58-48)35-21-25-43-42(28-35)50-40(52(54-43)33-14-6-2-7-15-33)24-26-47-51(50)39-18-10-11-19-46(39)57-47/h1-31,53,56H. The molecule has 1 aliphatic heterocycles. The second-order valence-electron chi connectivity index (χ2n) is 14.9. The van der Waals surface area contributed by atoms with E-state index in [4.69, 9.17) is 14.4 Å². The predicted molar refractivity (Wildman–Crippen MR) is 244 cm³/mol. The molecule has 58 heavy (non-hydrogen) atoms. The van der Waals surface area contributed by atoms with E-state index in [0.29, 0.717) is 0 Å². The first-order chi connectivity index (χ1) is 28.7. The van der Waals surface area contributed by atoms with E-state index in [1.54, 1.807) is 0 Å². The molecule has 4 nitrogen and oxygen atoms in total. The van der Waals surface area contributed by atoms with Crippen LogP contribution in [0.2, 0.25) is 0 Å². The van der Waals surface area contributed by atoms with Crippen LogP contribution in [0.5, 0.6) is 0 Å². The fourth-order valence-corrected chi connectivity index (χ4v) is 9.81. The Morgan fingerprint density at radius 1 is 0.466 bits per heavy atom. The molecule has 8 aromatic carbocycles. The number of aromatic nitrogens is 1. The third-order valence-electron chi connectivity index (χ3n) is 11.5. The van der Waals surface area contributed by atoms with E-state index in [-0.39, 0.29) is 6.17 Å². The van der Waals surface area contributed by atoms with Crippen LogP contribution in [0.3, 0.4) is 0 Å². The van der Waals surface area contributed by atoms with Crippen LogP contribution in [-0.2, 0) is 0 Å². The third-order valence-corrected chi connectivity index (χ3v) is 12.6. The molecule has 1 atom stereocenters. The summed E-state index contributed by atoms with van der Waals surface area (Å²) in [6.45, 7) is 0. The summed E-state index contributed by atoms with van der Waals surface area (Å²) in [5.41, 5.74) is 12.6. The number of hydrogen-bond donors (Lipinski definition) is 1. The number of hydrogen-bond acceptors (Lipinski definition) is 5. The van der Waals surface area contributed by atoms with Crippen molar-refractivity contribution in [2.45, 2.75) is 6.17 Å². The van der Waals surface area contributed by atoms with E-state index in [1.165, 1.54) is 31.1 Å². The van der Waals surface area contributed by atoms with Gasteiger partial charge in [0.25, 0.3) is 0 Å². The molecule has 0 radical (unpaired) electrons. The van der Waals surface area contributed by atoms with Gasteiger partial charge in [-0.15, -0.1) is 11.3 Å². The van der Waals surface area contributed by atoms with Crippen molar-refractivity contribution in [1.29, 1.82) is 0 Å².